The molecule has 0 unspecified atom stereocenters. The number of carbonyl (C=O) groups excluding carboxylic acids is 2. The Balaban J connectivity index is 2.29. The van der Waals surface area contributed by atoms with Gasteiger partial charge in [0, 0.05) is 19.9 Å². The first-order valence-electron chi connectivity index (χ1n) is 9.86. The molecule has 0 aliphatic carbocycles. The predicted octanol–water partition coefficient (Wildman–Crippen LogP) is 2.47. The lowest BCUT2D eigenvalue weighted by Crippen LogP contribution is -2.33. The second-order valence-electron chi connectivity index (χ2n) is 7.09. The molecule has 0 spiro atoms. The summed E-state index contributed by atoms with van der Waals surface area (Å²) in [7, 11) is 1.29. The third kappa shape index (κ3) is 7.34. The smallest absolute Gasteiger partial charge is 0.416 e. The summed E-state index contributed by atoms with van der Waals surface area (Å²) < 4.78 is 44.1. The summed E-state index contributed by atoms with van der Waals surface area (Å²) in [6.45, 7) is 1.63. The van der Waals surface area contributed by atoms with Gasteiger partial charge in [-0.2, -0.15) is 28.4 Å². The van der Waals surface area contributed by atoms with Gasteiger partial charge in [-0.25, -0.2) is 0 Å². The maximum absolute atomic E-state index is 13.0. The van der Waals surface area contributed by atoms with E-state index < -0.39 is 23.6 Å². The summed E-state index contributed by atoms with van der Waals surface area (Å²) in [6.07, 6.45) is -4.24. The van der Waals surface area contributed by atoms with Crippen LogP contribution in [0, 0.1) is 11.3 Å². The van der Waals surface area contributed by atoms with E-state index in [-0.39, 0.29) is 54.1 Å². The van der Waals surface area contributed by atoms with E-state index in [1.807, 2.05) is 6.07 Å². The molecule has 0 fully saturated rings. The van der Waals surface area contributed by atoms with Gasteiger partial charge in [0.1, 0.15) is 6.07 Å². The molecule has 0 aliphatic rings. The van der Waals surface area contributed by atoms with E-state index in [1.54, 1.807) is 0 Å². The zero-order valence-electron chi connectivity index (χ0n) is 18.0. The molecule has 1 atom stereocenters. The standard InChI is InChI=1S/C21H23F3N6O3/c1-12(31)27-8-4-7-16(28-18-15(11-25)19(33-2)30-20(26)29-18)17(32)10-13-5-3-6-14(9-13)21(22,23)24/h3,5-6,9,16H,4,7-8,10H2,1-2H3,(H,27,31)(H3,26,28,29,30)/t16-/m0/s1. The Bertz CT molecular complexity index is 1050. The Morgan fingerprint density at radius 2 is 2.03 bits per heavy atom. The van der Waals surface area contributed by atoms with Crippen LogP contribution in [0.15, 0.2) is 24.3 Å². The number of amides is 1. The first-order valence-corrected chi connectivity index (χ1v) is 9.86. The summed E-state index contributed by atoms with van der Waals surface area (Å²) in [5, 5.41) is 14.9. The fourth-order valence-corrected chi connectivity index (χ4v) is 3.04. The van der Waals surface area contributed by atoms with E-state index in [4.69, 9.17) is 10.5 Å². The van der Waals surface area contributed by atoms with Gasteiger partial charge < -0.3 is 21.1 Å². The average Bonchev–Trinajstić information content (AvgIpc) is 2.74. The number of ketones is 1. The van der Waals surface area contributed by atoms with Gasteiger partial charge in [-0.3, -0.25) is 9.59 Å². The number of ether oxygens (including phenoxy) is 1. The highest BCUT2D eigenvalue weighted by atomic mass is 19.4. The van der Waals surface area contributed by atoms with Gasteiger partial charge in [-0.05, 0) is 24.5 Å². The highest BCUT2D eigenvalue weighted by molar-refractivity contribution is 5.88. The van der Waals surface area contributed by atoms with Gasteiger partial charge in [0.15, 0.2) is 17.2 Å². The number of anilines is 2. The number of halogens is 3. The number of aromatic nitrogens is 2. The average molecular weight is 464 g/mol. The molecular weight excluding hydrogens is 441 g/mol. The quantitative estimate of drug-likeness (QED) is 0.455. The SMILES string of the molecule is COc1nc(N)nc(N[C@@H](CCCNC(C)=O)C(=O)Cc2cccc(C(F)(F)F)c2)c1C#N. The molecule has 4 N–H and O–H groups in total. The van der Waals surface area contributed by atoms with Gasteiger partial charge in [0.2, 0.25) is 17.7 Å². The molecule has 1 amide bonds. The van der Waals surface area contributed by atoms with Crippen molar-refractivity contribution in [1.82, 2.24) is 15.3 Å². The molecule has 2 rings (SSSR count). The van der Waals surface area contributed by atoms with Gasteiger partial charge in [-0.1, -0.05) is 18.2 Å². The van der Waals surface area contributed by atoms with Crippen molar-refractivity contribution >= 4 is 23.5 Å². The molecule has 176 valence electrons. The maximum Gasteiger partial charge on any atom is 0.416 e. The van der Waals surface area contributed by atoms with Gasteiger partial charge >= 0.3 is 6.18 Å². The third-order valence-electron chi connectivity index (χ3n) is 4.57. The zero-order chi connectivity index (χ0) is 24.6. The van der Waals surface area contributed by atoms with Crippen LogP contribution in [0.25, 0.3) is 0 Å². The molecule has 0 bridgehead atoms. The first kappa shape index (κ1) is 25.4. The van der Waals surface area contributed by atoms with Gasteiger partial charge in [0.25, 0.3) is 0 Å². The first-order chi connectivity index (χ1) is 15.5. The predicted molar refractivity (Wildman–Crippen MR) is 113 cm³/mol. The topological polar surface area (TPSA) is 143 Å². The highest BCUT2D eigenvalue weighted by Gasteiger charge is 2.31. The lowest BCUT2D eigenvalue weighted by molar-refractivity contribution is -0.137. The number of nitriles is 1. The van der Waals surface area contributed by atoms with E-state index >= 15 is 0 Å². The fraction of sp³-hybridized carbons (Fsp3) is 0.381. The fourth-order valence-electron chi connectivity index (χ4n) is 3.04. The van der Waals surface area contributed by atoms with Crippen LogP contribution < -0.4 is 21.1 Å². The molecular formula is C21H23F3N6O3. The van der Waals surface area contributed by atoms with E-state index in [2.05, 4.69) is 20.6 Å². The van der Waals surface area contributed by atoms with Crippen molar-refractivity contribution in [3.05, 3.63) is 41.0 Å². The zero-order valence-corrected chi connectivity index (χ0v) is 18.0. The van der Waals surface area contributed by atoms with Crippen LogP contribution in [0.2, 0.25) is 0 Å². The van der Waals surface area contributed by atoms with Crippen LogP contribution in [0.4, 0.5) is 24.9 Å². The number of carbonyl (C=O) groups is 2. The van der Waals surface area contributed by atoms with Crippen molar-refractivity contribution in [1.29, 1.82) is 5.26 Å². The number of nitrogens with zero attached hydrogens (tertiary/aromatic N) is 3. The summed E-state index contributed by atoms with van der Waals surface area (Å²) in [4.78, 5) is 31.9. The third-order valence-corrected chi connectivity index (χ3v) is 4.57. The monoisotopic (exact) mass is 464 g/mol. The summed E-state index contributed by atoms with van der Waals surface area (Å²) >= 11 is 0. The van der Waals surface area contributed by atoms with Crippen LogP contribution in [-0.4, -0.2) is 41.4 Å². The number of alkyl halides is 3. The van der Waals surface area contributed by atoms with E-state index in [0.29, 0.717) is 6.42 Å². The molecule has 9 nitrogen and oxygen atoms in total. The lowest BCUT2D eigenvalue weighted by atomic mass is 9.98. The Morgan fingerprint density at radius 3 is 2.64 bits per heavy atom. The number of benzene rings is 1. The molecule has 0 saturated carbocycles. The number of Topliss-reactive ketones (excluding diaryl/α,β-unsaturated/α-hetero) is 1. The molecule has 1 aromatic heterocycles. The number of nitrogens with one attached hydrogen (secondary N) is 2. The molecule has 12 heteroatoms. The Morgan fingerprint density at radius 1 is 1.30 bits per heavy atom. The van der Waals surface area contributed by atoms with Crippen LogP contribution >= 0.6 is 0 Å². The number of methoxy groups -OCH3 is 1. The van der Waals surface area contributed by atoms with Crippen molar-refractivity contribution in [3.8, 4) is 11.9 Å². The van der Waals surface area contributed by atoms with Crippen LogP contribution in [0.1, 0.15) is 36.5 Å². The number of nitrogen functional groups attached to an aromatic ring is 1. The Labute approximate surface area is 188 Å². The summed E-state index contributed by atoms with van der Waals surface area (Å²) in [5.41, 5.74) is 4.90. The molecule has 1 heterocycles. The van der Waals surface area contributed by atoms with Crippen LogP contribution in [0.5, 0.6) is 5.88 Å². The maximum atomic E-state index is 13.0. The molecule has 0 radical (unpaired) electrons. The highest BCUT2D eigenvalue weighted by Crippen LogP contribution is 2.30. The Kier molecular flexibility index (Phi) is 8.56. The van der Waals surface area contributed by atoms with Crippen LogP contribution in [-0.2, 0) is 22.2 Å². The normalized spacial score (nSPS) is 11.9. The largest absolute Gasteiger partial charge is 0.480 e. The minimum absolute atomic E-state index is 0.0382. The number of nitrogens with two attached hydrogens (primary N) is 1. The van der Waals surface area contributed by atoms with Crippen molar-refractivity contribution < 1.29 is 27.5 Å². The van der Waals surface area contributed by atoms with Crippen LogP contribution in [0.3, 0.4) is 0 Å². The molecule has 2 aromatic rings. The second kappa shape index (κ2) is 11.1. The molecule has 0 saturated heterocycles. The van der Waals surface area contributed by atoms with Gasteiger partial charge in [-0.15, -0.1) is 0 Å². The minimum Gasteiger partial charge on any atom is -0.480 e. The molecule has 0 aliphatic heterocycles. The molecule has 33 heavy (non-hydrogen) atoms. The van der Waals surface area contributed by atoms with Crippen molar-refractivity contribution in [2.45, 2.75) is 38.4 Å². The summed E-state index contributed by atoms with van der Waals surface area (Å²) in [6, 6.07) is 5.44. The summed E-state index contributed by atoms with van der Waals surface area (Å²) in [5.74, 6) is -0.999. The van der Waals surface area contributed by atoms with E-state index in [1.165, 1.54) is 26.2 Å². The van der Waals surface area contributed by atoms with Crippen molar-refractivity contribution in [2.24, 2.45) is 0 Å². The molecule has 1 aromatic carbocycles. The van der Waals surface area contributed by atoms with Gasteiger partial charge in [0.05, 0.1) is 18.7 Å². The van der Waals surface area contributed by atoms with Crippen molar-refractivity contribution in [2.75, 3.05) is 24.7 Å². The second-order valence-corrected chi connectivity index (χ2v) is 7.09. The number of hydrogen-bond donors (Lipinski definition) is 3. The van der Waals surface area contributed by atoms with E-state index in [0.717, 1.165) is 12.1 Å². The minimum atomic E-state index is -4.54. The number of hydrogen-bond acceptors (Lipinski definition) is 8. The number of rotatable bonds is 10. The Hall–Kier alpha value is -3.88. The van der Waals surface area contributed by atoms with E-state index in [9.17, 15) is 28.0 Å². The van der Waals surface area contributed by atoms with Crippen molar-refractivity contribution in [3.63, 3.8) is 0 Å². The lowest BCUT2D eigenvalue weighted by Gasteiger charge is -2.20.